The summed E-state index contributed by atoms with van der Waals surface area (Å²) in [5, 5.41) is 0. The zero-order chi connectivity index (χ0) is 14.5. The van der Waals surface area contributed by atoms with Crippen LogP contribution in [-0.4, -0.2) is 13.0 Å². The zero-order valence-corrected chi connectivity index (χ0v) is 13.4. The van der Waals surface area contributed by atoms with E-state index in [0.29, 0.717) is 17.9 Å². The molecule has 4 heteroatoms. The average molecular weight is 358 g/mol. The second kappa shape index (κ2) is 7.09. The largest absolute Gasteiger partial charge is 0.496 e. The maximum absolute atomic E-state index is 13.9. The van der Waals surface area contributed by atoms with E-state index in [1.807, 2.05) is 24.3 Å². The summed E-state index contributed by atoms with van der Waals surface area (Å²) in [4.78, 5) is 0. The lowest BCUT2D eigenvalue weighted by Gasteiger charge is -2.17. The van der Waals surface area contributed by atoms with Gasteiger partial charge in [0.15, 0.2) is 0 Å². The van der Waals surface area contributed by atoms with Crippen LogP contribution in [0.3, 0.4) is 0 Å². The topological polar surface area (TPSA) is 9.23 Å². The van der Waals surface area contributed by atoms with E-state index in [2.05, 4.69) is 15.9 Å². The van der Waals surface area contributed by atoms with E-state index in [0.717, 1.165) is 15.8 Å². The van der Waals surface area contributed by atoms with Gasteiger partial charge in [-0.1, -0.05) is 34.1 Å². The van der Waals surface area contributed by atoms with Crippen molar-refractivity contribution in [2.45, 2.75) is 12.3 Å². The highest BCUT2D eigenvalue weighted by atomic mass is 79.9. The highest BCUT2D eigenvalue weighted by molar-refractivity contribution is 9.10. The van der Waals surface area contributed by atoms with Crippen LogP contribution in [0.2, 0.25) is 0 Å². The molecule has 1 nitrogen and oxygen atoms in total. The van der Waals surface area contributed by atoms with Crippen LogP contribution < -0.4 is 4.74 Å². The first-order valence-electron chi connectivity index (χ1n) is 6.28. The summed E-state index contributed by atoms with van der Waals surface area (Å²) >= 11 is 9.49. The molecule has 0 aliphatic rings. The predicted molar refractivity (Wildman–Crippen MR) is 84.3 cm³/mol. The van der Waals surface area contributed by atoms with Crippen LogP contribution >= 0.6 is 27.5 Å². The first-order chi connectivity index (χ1) is 9.65. The van der Waals surface area contributed by atoms with Crippen molar-refractivity contribution in [2.24, 2.45) is 0 Å². The molecule has 0 aliphatic heterocycles. The predicted octanol–water partition coefficient (Wildman–Crippen LogP) is 5.16. The van der Waals surface area contributed by atoms with E-state index < -0.39 is 0 Å². The van der Waals surface area contributed by atoms with Crippen molar-refractivity contribution >= 4 is 27.5 Å². The lowest BCUT2D eigenvalue weighted by atomic mass is 9.93. The van der Waals surface area contributed by atoms with Gasteiger partial charge in [0.1, 0.15) is 11.6 Å². The van der Waals surface area contributed by atoms with E-state index in [9.17, 15) is 4.39 Å². The Morgan fingerprint density at radius 2 is 2.00 bits per heavy atom. The molecule has 20 heavy (non-hydrogen) atoms. The summed E-state index contributed by atoms with van der Waals surface area (Å²) in [6, 6.07) is 12.6. The van der Waals surface area contributed by atoms with Crippen molar-refractivity contribution in [1.29, 1.82) is 0 Å². The molecule has 0 aromatic heterocycles. The minimum atomic E-state index is -0.216. The molecule has 1 unspecified atom stereocenters. The summed E-state index contributed by atoms with van der Waals surface area (Å²) < 4.78 is 20.2. The molecule has 0 spiro atoms. The SMILES string of the molecule is COc1ccc(Br)cc1CC(CCl)c1ccccc1F. The van der Waals surface area contributed by atoms with Crippen LogP contribution in [0.4, 0.5) is 4.39 Å². The third-order valence-corrected chi connectivity index (χ3v) is 4.11. The second-order valence-corrected chi connectivity index (χ2v) is 5.76. The van der Waals surface area contributed by atoms with E-state index in [-0.39, 0.29) is 11.7 Å². The number of ether oxygens (including phenoxy) is 1. The number of hydrogen-bond acceptors (Lipinski definition) is 1. The van der Waals surface area contributed by atoms with Gasteiger partial charge in [-0.25, -0.2) is 4.39 Å². The van der Waals surface area contributed by atoms with Gasteiger partial charge in [-0.2, -0.15) is 0 Å². The number of methoxy groups -OCH3 is 1. The van der Waals surface area contributed by atoms with Crippen LogP contribution in [-0.2, 0) is 6.42 Å². The van der Waals surface area contributed by atoms with Crippen molar-refractivity contribution in [1.82, 2.24) is 0 Å². The Hall–Kier alpha value is -1.06. The Bertz CT molecular complexity index is 588. The van der Waals surface area contributed by atoms with Crippen LogP contribution in [0.15, 0.2) is 46.9 Å². The highest BCUT2D eigenvalue weighted by Gasteiger charge is 2.17. The summed E-state index contributed by atoms with van der Waals surface area (Å²) in [6.07, 6.45) is 0.632. The van der Waals surface area contributed by atoms with Gasteiger partial charge in [0, 0.05) is 16.3 Å². The van der Waals surface area contributed by atoms with Gasteiger partial charge in [-0.05, 0) is 41.8 Å². The maximum atomic E-state index is 13.9. The molecule has 0 radical (unpaired) electrons. The van der Waals surface area contributed by atoms with Crippen LogP contribution in [0, 0.1) is 5.82 Å². The third kappa shape index (κ3) is 3.53. The van der Waals surface area contributed by atoms with Gasteiger partial charge in [-0.15, -0.1) is 11.6 Å². The Balaban J connectivity index is 2.31. The molecule has 0 amide bonds. The minimum absolute atomic E-state index is 0.0823. The third-order valence-electron chi connectivity index (χ3n) is 3.24. The summed E-state index contributed by atoms with van der Waals surface area (Å²) in [5.74, 6) is 0.851. The Morgan fingerprint density at radius 1 is 1.25 bits per heavy atom. The van der Waals surface area contributed by atoms with Crippen molar-refractivity contribution in [3.63, 3.8) is 0 Å². The molecule has 0 aliphatic carbocycles. The van der Waals surface area contributed by atoms with Gasteiger partial charge in [0.25, 0.3) is 0 Å². The molecule has 0 N–H and O–H groups in total. The van der Waals surface area contributed by atoms with E-state index in [4.69, 9.17) is 16.3 Å². The van der Waals surface area contributed by atoms with E-state index in [1.54, 1.807) is 19.2 Å². The van der Waals surface area contributed by atoms with Crippen LogP contribution in [0.1, 0.15) is 17.0 Å². The Labute approximate surface area is 131 Å². The molecule has 2 aromatic rings. The van der Waals surface area contributed by atoms with Crippen LogP contribution in [0.5, 0.6) is 5.75 Å². The van der Waals surface area contributed by atoms with Crippen LogP contribution in [0.25, 0.3) is 0 Å². The first kappa shape index (κ1) is 15.3. The summed E-state index contributed by atoms with van der Waals surface area (Å²) in [6.45, 7) is 0. The molecule has 1 atom stereocenters. The molecule has 0 bridgehead atoms. The summed E-state index contributed by atoms with van der Waals surface area (Å²) in [7, 11) is 1.63. The Kier molecular flexibility index (Phi) is 5.44. The lowest BCUT2D eigenvalue weighted by molar-refractivity contribution is 0.408. The second-order valence-electron chi connectivity index (χ2n) is 4.53. The van der Waals surface area contributed by atoms with E-state index >= 15 is 0 Å². The number of rotatable bonds is 5. The van der Waals surface area contributed by atoms with Gasteiger partial charge in [0.2, 0.25) is 0 Å². The number of halogens is 3. The van der Waals surface area contributed by atoms with Gasteiger partial charge in [0.05, 0.1) is 7.11 Å². The monoisotopic (exact) mass is 356 g/mol. The molecule has 2 aromatic carbocycles. The lowest BCUT2D eigenvalue weighted by Crippen LogP contribution is -2.08. The van der Waals surface area contributed by atoms with Gasteiger partial charge < -0.3 is 4.74 Å². The van der Waals surface area contributed by atoms with Crippen molar-refractivity contribution in [3.8, 4) is 5.75 Å². The fourth-order valence-corrected chi connectivity index (χ4v) is 2.91. The highest BCUT2D eigenvalue weighted by Crippen LogP contribution is 2.30. The summed E-state index contributed by atoms with van der Waals surface area (Å²) in [5.41, 5.74) is 1.65. The standard InChI is InChI=1S/C16H15BrClFO/c1-20-16-7-6-13(17)9-11(16)8-12(10-18)14-4-2-3-5-15(14)19/h2-7,9,12H,8,10H2,1H3. The van der Waals surface area contributed by atoms with Crippen molar-refractivity contribution < 1.29 is 9.13 Å². The van der Waals surface area contributed by atoms with Crippen molar-refractivity contribution in [2.75, 3.05) is 13.0 Å². The number of hydrogen-bond donors (Lipinski definition) is 0. The Morgan fingerprint density at radius 3 is 2.65 bits per heavy atom. The molecular formula is C16H15BrClFO. The first-order valence-corrected chi connectivity index (χ1v) is 7.61. The minimum Gasteiger partial charge on any atom is -0.496 e. The molecule has 0 heterocycles. The normalized spacial score (nSPS) is 12.2. The molecule has 0 fully saturated rings. The molecule has 0 saturated heterocycles. The molecule has 2 rings (SSSR count). The number of alkyl halides is 1. The smallest absolute Gasteiger partial charge is 0.126 e. The fraction of sp³-hybridized carbons (Fsp3) is 0.250. The number of benzene rings is 2. The average Bonchev–Trinajstić information content (AvgIpc) is 2.46. The molecule has 0 saturated carbocycles. The van der Waals surface area contributed by atoms with Crippen molar-refractivity contribution in [3.05, 3.63) is 63.9 Å². The quantitative estimate of drug-likeness (QED) is 0.671. The van der Waals surface area contributed by atoms with Gasteiger partial charge in [-0.3, -0.25) is 0 Å². The maximum Gasteiger partial charge on any atom is 0.126 e. The van der Waals surface area contributed by atoms with E-state index in [1.165, 1.54) is 6.07 Å². The van der Waals surface area contributed by atoms with Gasteiger partial charge >= 0.3 is 0 Å². The fourth-order valence-electron chi connectivity index (χ4n) is 2.23. The molecule has 106 valence electrons. The molecular weight excluding hydrogens is 343 g/mol. The zero-order valence-electron chi connectivity index (χ0n) is 11.1.